The fraction of sp³-hybridized carbons (Fsp3) is 0.538. The summed E-state index contributed by atoms with van der Waals surface area (Å²) in [6, 6.07) is 10.5. The highest BCUT2D eigenvalue weighted by molar-refractivity contribution is 5.15. The lowest BCUT2D eigenvalue weighted by molar-refractivity contribution is 0.0531. The first kappa shape index (κ1) is 10.7. The molecular formula is C13H19NO. The van der Waals surface area contributed by atoms with Crippen LogP contribution < -0.4 is 0 Å². The average Bonchev–Trinajstić information content (AvgIpc) is 2.17. The van der Waals surface area contributed by atoms with Gasteiger partial charge in [-0.1, -0.05) is 30.3 Å². The van der Waals surface area contributed by atoms with Gasteiger partial charge in [0.2, 0.25) is 0 Å². The fourth-order valence-electron chi connectivity index (χ4n) is 2.50. The number of aliphatic hydroxyl groups is 1. The SMILES string of the molecule is CN1CC(O)CC(Cc2ccccc2)C1. The lowest BCUT2D eigenvalue weighted by Crippen LogP contribution is -2.41. The summed E-state index contributed by atoms with van der Waals surface area (Å²) in [5.74, 6) is 0.598. The van der Waals surface area contributed by atoms with E-state index in [0.717, 1.165) is 25.9 Å². The van der Waals surface area contributed by atoms with E-state index < -0.39 is 0 Å². The first-order chi connectivity index (χ1) is 7.24. The van der Waals surface area contributed by atoms with Crippen molar-refractivity contribution in [2.45, 2.75) is 18.9 Å². The molecule has 1 aromatic carbocycles. The number of likely N-dealkylation sites (N-methyl/N-ethyl adjacent to an activating group) is 1. The zero-order chi connectivity index (χ0) is 10.7. The van der Waals surface area contributed by atoms with Crippen molar-refractivity contribution in [3.8, 4) is 0 Å². The molecule has 0 bridgehead atoms. The summed E-state index contributed by atoms with van der Waals surface area (Å²) in [5.41, 5.74) is 1.38. The molecule has 0 radical (unpaired) electrons. The Balaban J connectivity index is 1.94. The number of likely N-dealkylation sites (tertiary alicyclic amines) is 1. The van der Waals surface area contributed by atoms with E-state index in [1.165, 1.54) is 5.56 Å². The molecule has 1 aliphatic rings. The highest BCUT2D eigenvalue weighted by Gasteiger charge is 2.23. The Morgan fingerprint density at radius 2 is 2.00 bits per heavy atom. The molecule has 1 N–H and O–H groups in total. The van der Waals surface area contributed by atoms with Crippen LogP contribution in [0.3, 0.4) is 0 Å². The van der Waals surface area contributed by atoms with Gasteiger partial charge in [-0.15, -0.1) is 0 Å². The van der Waals surface area contributed by atoms with Gasteiger partial charge in [0, 0.05) is 13.1 Å². The van der Waals surface area contributed by atoms with Crippen molar-refractivity contribution < 1.29 is 5.11 Å². The molecule has 1 heterocycles. The summed E-state index contributed by atoms with van der Waals surface area (Å²) in [5, 5.41) is 9.69. The van der Waals surface area contributed by atoms with Gasteiger partial charge >= 0.3 is 0 Å². The molecule has 15 heavy (non-hydrogen) atoms. The monoisotopic (exact) mass is 205 g/mol. The summed E-state index contributed by atoms with van der Waals surface area (Å²) in [7, 11) is 2.08. The van der Waals surface area contributed by atoms with E-state index in [0.29, 0.717) is 5.92 Å². The molecule has 1 saturated heterocycles. The van der Waals surface area contributed by atoms with Crippen molar-refractivity contribution in [3.05, 3.63) is 35.9 Å². The number of benzene rings is 1. The van der Waals surface area contributed by atoms with Gasteiger partial charge in [0.15, 0.2) is 0 Å². The van der Waals surface area contributed by atoms with Crippen LogP contribution in [0.1, 0.15) is 12.0 Å². The lowest BCUT2D eigenvalue weighted by atomic mass is 9.90. The highest BCUT2D eigenvalue weighted by atomic mass is 16.3. The van der Waals surface area contributed by atoms with E-state index >= 15 is 0 Å². The standard InChI is InChI=1S/C13H19NO/c1-14-9-12(8-13(15)10-14)7-11-5-3-2-4-6-11/h2-6,12-13,15H,7-10H2,1H3. The summed E-state index contributed by atoms with van der Waals surface area (Å²) >= 11 is 0. The van der Waals surface area contributed by atoms with Gasteiger partial charge in [0.1, 0.15) is 0 Å². The Morgan fingerprint density at radius 1 is 1.27 bits per heavy atom. The minimum absolute atomic E-state index is 0.141. The van der Waals surface area contributed by atoms with Crippen molar-refractivity contribution in [3.63, 3.8) is 0 Å². The van der Waals surface area contributed by atoms with Crippen LogP contribution in [0.15, 0.2) is 30.3 Å². The van der Waals surface area contributed by atoms with Gasteiger partial charge in [-0.3, -0.25) is 0 Å². The first-order valence-electron chi connectivity index (χ1n) is 5.64. The second-order valence-electron chi connectivity index (χ2n) is 4.67. The Kier molecular flexibility index (Phi) is 3.39. The number of hydrogen-bond donors (Lipinski definition) is 1. The summed E-state index contributed by atoms with van der Waals surface area (Å²) < 4.78 is 0. The van der Waals surface area contributed by atoms with E-state index in [2.05, 4.69) is 36.2 Å². The first-order valence-corrected chi connectivity index (χ1v) is 5.64. The Morgan fingerprint density at radius 3 is 2.67 bits per heavy atom. The van der Waals surface area contributed by atoms with Gasteiger partial charge in [0.05, 0.1) is 6.10 Å². The minimum Gasteiger partial charge on any atom is -0.392 e. The molecule has 0 spiro atoms. The quantitative estimate of drug-likeness (QED) is 0.791. The van der Waals surface area contributed by atoms with Crippen molar-refractivity contribution in [1.82, 2.24) is 4.90 Å². The third-order valence-electron chi connectivity index (χ3n) is 3.06. The van der Waals surface area contributed by atoms with E-state index in [1.54, 1.807) is 0 Å². The average molecular weight is 205 g/mol. The predicted molar refractivity (Wildman–Crippen MR) is 61.8 cm³/mol. The number of β-amino-alcohol motifs (C(OH)–C–C–N with tert-alkyl or cyclic N) is 1. The van der Waals surface area contributed by atoms with Gasteiger partial charge in [0.25, 0.3) is 0 Å². The summed E-state index contributed by atoms with van der Waals surface area (Å²) in [6.45, 7) is 1.93. The molecule has 1 aromatic rings. The molecule has 2 nitrogen and oxygen atoms in total. The van der Waals surface area contributed by atoms with Gasteiger partial charge < -0.3 is 10.0 Å². The number of piperidine rings is 1. The number of hydrogen-bond acceptors (Lipinski definition) is 2. The topological polar surface area (TPSA) is 23.5 Å². The third kappa shape index (κ3) is 3.05. The van der Waals surface area contributed by atoms with E-state index in [1.807, 2.05) is 6.07 Å². The second-order valence-corrected chi connectivity index (χ2v) is 4.67. The molecule has 1 fully saturated rings. The maximum absolute atomic E-state index is 9.69. The molecule has 2 rings (SSSR count). The molecule has 0 aliphatic carbocycles. The van der Waals surface area contributed by atoms with Gasteiger partial charge in [-0.2, -0.15) is 0 Å². The highest BCUT2D eigenvalue weighted by Crippen LogP contribution is 2.20. The van der Waals surface area contributed by atoms with Crippen LogP contribution in [0.25, 0.3) is 0 Å². The molecule has 0 aromatic heterocycles. The van der Waals surface area contributed by atoms with Gasteiger partial charge in [-0.05, 0) is 31.4 Å². The number of aliphatic hydroxyl groups excluding tert-OH is 1. The van der Waals surface area contributed by atoms with Crippen LogP contribution in [0.2, 0.25) is 0 Å². The summed E-state index contributed by atoms with van der Waals surface area (Å²) in [6.07, 6.45) is 1.89. The molecule has 0 amide bonds. The van der Waals surface area contributed by atoms with E-state index in [4.69, 9.17) is 0 Å². The number of nitrogens with zero attached hydrogens (tertiary/aromatic N) is 1. The molecule has 82 valence electrons. The normalized spacial score (nSPS) is 27.9. The molecule has 2 atom stereocenters. The maximum atomic E-state index is 9.69. The molecule has 2 unspecified atom stereocenters. The molecule has 2 heteroatoms. The summed E-state index contributed by atoms with van der Waals surface area (Å²) in [4.78, 5) is 2.22. The van der Waals surface area contributed by atoms with E-state index in [-0.39, 0.29) is 6.10 Å². The van der Waals surface area contributed by atoms with Crippen LogP contribution in [0, 0.1) is 5.92 Å². The van der Waals surface area contributed by atoms with Crippen LogP contribution in [0.4, 0.5) is 0 Å². The van der Waals surface area contributed by atoms with Gasteiger partial charge in [-0.25, -0.2) is 0 Å². The van der Waals surface area contributed by atoms with Crippen molar-refractivity contribution in [2.24, 2.45) is 5.92 Å². The van der Waals surface area contributed by atoms with Crippen LogP contribution >= 0.6 is 0 Å². The largest absolute Gasteiger partial charge is 0.392 e. The maximum Gasteiger partial charge on any atom is 0.0670 e. The third-order valence-corrected chi connectivity index (χ3v) is 3.06. The Bertz CT molecular complexity index is 289. The van der Waals surface area contributed by atoms with Crippen LogP contribution in [-0.4, -0.2) is 36.2 Å². The van der Waals surface area contributed by atoms with Crippen molar-refractivity contribution in [1.29, 1.82) is 0 Å². The molecule has 0 saturated carbocycles. The lowest BCUT2D eigenvalue weighted by Gasteiger charge is -2.33. The molecular weight excluding hydrogens is 186 g/mol. The zero-order valence-corrected chi connectivity index (χ0v) is 9.26. The van der Waals surface area contributed by atoms with E-state index in [9.17, 15) is 5.11 Å². The van der Waals surface area contributed by atoms with Crippen molar-refractivity contribution in [2.75, 3.05) is 20.1 Å². The van der Waals surface area contributed by atoms with Crippen LogP contribution in [-0.2, 0) is 6.42 Å². The smallest absolute Gasteiger partial charge is 0.0670 e. The molecule has 1 aliphatic heterocycles. The van der Waals surface area contributed by atoms with Crippen LogP contribution in [0.5, 0.6) is 0 Å². The number of rotatable bonds is 2. The fourth-order valence-corrected chi connectivity index (χ4v) is 2.50. The zero-order valence-electron chi connectivity index (χ0n) is 9.26. The minimum atomic E-state index is -0.141. The second kappa shape index (κ2) is 4.77. The Labute approximate surface area is 91.5 Å². The Hall–Kier alpha value is -0.860. The van der Waals surface area contributed by atoms with Crippen molar-refractivity contribution >= 4 is 0 Å². The predicted octanol–water partition coefficient (Wildman–Crippen LogP) is 1.54.